The maximum absolute atomic E-state index is 13.7. The van der Waals surface area contributed by atoms with Gasteiger partial charge in [-0.1, -0.05) is 0 Å². The van der Waals surface area contributed by atoms with Gasteiger partial charge in [-0.15, -0.1) is 0 Å². The number of likely N-dealkylation sites (tertiary alicyclic amines) is 1. The topological polar surface area (TPSA) is 53.4 Å². The maximum Gasteiger partial charge on any atom is 0.307 e. The summed E-state index contributed by atoms with van der Waals surface area (Å²) >= 11 is 3.03. The zero-order valence-electron chi connectivity index (χ0n) is 9.07. The largest absolute Gasteiger partial charge is 0.481 e. The fraction of sp³-hybridized carbons (Fsp3) is 0.455. The van der Waals surface area contributed by atoms with Gasteiger partial charge in [-0.3, -0.25) is 9.69 Å². The Bertz CT molecular complexity index is 441. The number of aromatic nitrogens is 1. The summed E-state index contributed by atoms with van der Waals surface area (Å²) in [6.45, 7) is 1.60. The summed E-state index contributed by atoms with van der Waals surface area (Å²) in [5, 5.41) is 8.88. The first kappa shape index (κ1) is 12.4. The zero-order valence-corrected chi connectivity index (χ0v) is 10.7. The summed E-state index contributed by atoms with van der Waals surface area (Å²) < 4.78 is 13.9. The Morgan fingerprint density at radius 3 is 3.12 bits per heavy atom. The fourth-order valence-electron chi connectivity index (χ4n) is 2.00. The number of aliphatic carboxylic acids is 1. The van der Waals surface area contributed by atoms with E-state index in [2.05, 4.69) is 20.9 Å². The zero-order chi connectivity index (χ0) is 12.4. The van der Waals surface area contributed by atoms with E-state index in [0.717, 1.165) is 0 Å². The van der Waals surface area contributed by atoms with E-state index in [9.17, 15) is 9.18 Å². The van der Waals surface area contributed by atoms with E-state index in [1.807, 2.05) is 4.90 Å². The average Bonchev–Trinajstić information content (AvgIpc) is 2.73. The summed E-state index contributed by atoms with van der Waals surface area (Å²) in [6.07, 6.45) is 2.16. The molecule has 2 rings (SSSR count). The number of carbonyl (C=O) groups is 1. The predicted molar refractivity (Wildman–Crippen MR) is 62.9 cm³/mol. The molecule has 1 atom stereocenters. The Kier molecular flexibility index (Phi) is 3.73. The van der Waals surface area contributed by atoms with Crippen LogP contribution in [0.1, 0.15) is 12.0 Å². The number of carboxylic acids is 1. The van der Waals surface area contributed by atoms with Crippen LogP contribution >= 0.6 is 15.9 Å². The van der Waals surface area contributed by atoms with Crippen molar-refractivity contribution in [2.24, 2.45) is 5.92 Å². The van der Waals surface area contributed by atoms with Gasteiger partial charge in [0.2, 0.25) is 0 Å². The Labute approximate surface area is 107 Å². The van der Waals surface area contributed by atoms with Gasteiger partial charge < -0.3 is 5.11 Å². The van der Waals surface area contributed by atoms with Gasteiger partial charge in [0.05, 0.1) is 5.92 Å². The Hall–Kier alpha value is -1.01. The number of nitrogens with zero attached hydrogens (tertiary/aromatic N) is 2. The molecule has 1 saturated heterocycles. The van der Waals surface area contributed by atoms with Crippen LogP contribution in [0.5, 0.6) is 0 Å². The smallest absolute Gasteiger partial charge is 0.307 e. The first-order chi connectivity index (χ1) is 8.08. The van der Waals surface area contributed by atoms with E-state index in [4.69, 9.17) is 5.11 Å². The van der Waals surface area contributed by atoms with Crippen molar-refractivity contribution in [2.45, 2.75) is 13.0 Å². The number of halogens is 2. The number of rotatable bonds is 3. The lowest BCUT2D eigenvalue weighted by Crippen LogP contribution is -2.23. The normalized spacial score (nSPS) is 20.7. The molecule has 0 amide bonds. The molecule has 0 aliphatic carbocycles. The van der Waals surface area contributed by atoms with E-state index in [1.165, 1.54) is 6.20 Å². The summed E-state index contributed by atoms with van der Waals surface area (Å²) in [5.74, 6) is -1.47. The first-order valence-corrected chi connectivity index (χ1v) is 6.11. The van der Waals surface area contributed by atoms with Crippen LogP contribution in [0.15, 0.2) is 16.9 Å². The molecule has 1 aliphatic heterocycles. The van der Waals surface area contributed by atoms with Gasteiger partial charge in [0.1, 0.15) is 4.60 Å². The van der Waals surface area contributed by atoms with Gasteiger partial charge in [-0.25, -0.2) is 9.37 Å². The molecule has 0 bridgehead atoms. The van der Waals surface area contributed by atoms with Crippen molar-refractivity contribution >= 4 is 21.9 Å². The first-order valence-electron chi connectivity index (χ1n) is 5.32. The monoisotopic (exact) mass is 302 g/mol. The maximum atomic E-state index is 13.7. The lowest BCUT2D eigenvalue weighted by Gasteiger charge is -2.15. The molecule has 1 N–H and O–H groups in total. The molecule has 0 saturated carbocycles. The van der Waals surface area contributed by atoms with Crippen molar-refractivity contribution in [3.8, 4) is 0 Å². The lowest BCUT2D eigenvalue weighted by molar-refractivity contribution is -0.141. The standard InChI is InChI=1S/C11H12BrFN2O2/c12-10-9(13)7(1-3-14-10)5-15-4-2-8(6-15)11(16)17/h1,3,8H,2,4-6H2,(H,16,17)/t8-/m1/s1. The highest BCUT2D eigenvalue weighted by atomic mass is 79.9. The fourth-order valence-corrected chi connectivity index (χ4v) is 2.37. The lowest BCUT2D eigenvalue weighted by atomic mass is 10.1. The minimum Gasteiger partial charge on any atom is -0.481 e. The molecule has 17 heavy (non-hydrogen) atoms. The molecule has 0 radical (unpaired) electrons. The summed E-state index contributed by atoms with van der Waals surface area (Å²) in [7, 11) is 0. The van der Waals surface area contributed by atoms with Gasteiger partial charge in [-0.05, 0) is 35.0 Å². The highest BCUT2D eigenvalue weighted by Gasteiger charge is 2.28. The van der Waals surface area contributed by atoms with Gasteiger partial charge in [0.15, 0.2) is 5.82 Å². The second-order valence-electron chi connectivity index (χ2n) is 4.13. The van der Waals surface area contributed by atoms with E-state index in [1.54, 1.807) is 6.07 Å². The third kappa shape index (κ3) is 2.81. The van der Waals surface area contributed by atoms with E-state index < -0.39 is 5.97 Å². The number of hydrogen-bond donors (Lipinski definition) is 1. The molecule has 6 heteroatoms. The second-order valence-corrected chi connectivity index (χ2v) is 4.88. The number of pyridine rings is 1. The van der Waals surface area contributed by atoms with Crippen molar-refractivity contribution in [1.29, 1.82) is 0 Å². The van der Waals surface area contributed by atoms with Gasteiger partial charge in [0.25, 0.3) is 0 Å². The summed E-state index contributed by atoms with van der Waals surface area (Å²) in [6, 6.07) is 1.62. The number of hydrogen-bond acceptors (Lipinski definition) is 3. The molecule has 1 aliphatic rings. The minimum atomic E-state index is -0.774. The molecule has 1 aromatic rings. The highest BCUT2D eigenvalue weighted by molar-refractivity contribution is 9.10. The molecular formula is C11H12BrFN2O2. The quantitative estimate of drug-likeness (QED) is 0.867. The van der Waals surface area contributed by atoms with Crippen LogP contribution in [0.25, 0.3) is 0 Å². The van der Waals surface area contributed by atoms with Crippen LogP contribution in [0, 0.1) is 11.7 Å². The van der Waals surface area contributed by atoms with Crippen LogP contribution in [-0.2, 0) is 11.3 Å². The van der Waals surface area contributed by atoms with E-state index >= 15 is 0 Å². The SMILES string of the molecule is O=C(O)[C@@H]1CCN(Cc2ccnc(Br)c2F)C1. The molecule has 4 nitrogen and oxygen atoms in total. The van der Waals surface area contributed by atoms with Crippen LogP contribution in [0.2, 0.25) is 0 Å². The Balaban J connectivity index is 2.03. The van der Waals surface area contributed by atoms with Crippen molar-refractivity contribution in [1.82, 2.24) is 9.88 Å². The van der Waals surface area contributed by atoms with Gasteiger partial charge >= 0.3 is 5.97 Å². The van der Waals surface area contributed by atoms with Crippen LogP contribution in [0.3, 0.4) is 0 Å². The van der Waals surface area contributed by atoms with E-state index in [-0.39, 0.29) is 16.3 Å². The third-order valence-electron chi connectivity index (χ3n) is 2.94. The summed E-state index contributed by atoms with van der Waals surface area (Å²) in [4.78, 5) is 16.5. The molecule has 0 spiro atoms. The average molecular weight is 303 g/mol. The Morgan fingerprint density at radius 2 is 2.47 bits per heavy atom. The van der Waals surface area contributed by atoms with Gasteiger partial charge in [-0.2, -0.15) is 0 Å². The van der Waals surface area contributed by atoms with Crippen LogP contribution in [-0.4, -0.2) is 34.0 Å². The summed E-state index contributed by atoms with van der Waals surface area (Å²) in [5.41, 5.74) is 0.540. The third-order valence-corrected chi connectivity index (χ3v) is 3.50. The molecular weight excluding hydrogens is 291 g/mol. The van der Waals surface area contributed by atoms with Crippen molar-refractivity contribution in [2.75, 3.05) is 13.1 Å². The predicted octanol–water partition coefficient (Wildman–Crippen LogP) is 1.89. The number of carboxylic acid groups (broad SMARTS) is 1. The minimum absolute atomic E-state index is 0.198. The Morgan fingerprint density at radius 1 is 1.71 bits per heavy atom. The second kappa shape index (κ2) is 5.10. The molecule has 2 heterocycles. The molecule has 1 aromatic heterocycles. The van der Waals surface area contributed by atoms with Crippen LogP contribution in [0.4, 0.5) is 4.39 Å². The van der Waals surface area contributed by atoms with Crippen molar-refractivity contribution in [3.05, 3.63) is 28.2 Å². The van der Waals surface area contributed by atoms with Gasteiger partial charge in [0, 0.05) is 24.8 Å². The van der Waals surface area contributed by atoms with Crippen molar-refractivity contribution in [3.63, 3.8) is 0 Å². The van der Waals surface area contributed by atoms with E-state index in [0.29, 0.717) is 31.6 Å². The van der Waals surface area contributed by atoms with Crippen molar-refractivity contribution < 1.29 is 14.3 Å². The van der Waals surface area contributed by atoms with Crippen LogP contribution < -0.4 is 0 Å². The molecule has 92 valence electrons. The molecule has 0 aromatic carbocycles. The highest BCUT2D eigenvalue weighted by Crippen LogP contribution is 2.22. The molecule has 1 fully saturated rings. The molecule has 0 unspecified atom stereocenters.